The maximum absolute atomic E-state index is 13.6. The van der Waals surface area contributed by atoms with Gasteiger partial charge in [0.25, 0.3) is 5.91 Å². The number of carboxylic acid groups (broad SMARTS) is 1. The lowest BCUT2D eigenvalue weighted by molar-refractivity contribution is -0.139. The molecule has 3 rings (SSSR count). The fourth-order valence-electron chi connectivity index (χ4n) is 4.45. The average Bonchev–Trinajstić information content (AvgIpc) is 3.18. The second-order valence-corrected chi connectivity index (χ2v) is 10.5. The summed E-state index contributed by atoms with van der Waals surface area (Å²) in [7, 11) is 3.04. The molecule has 11 heteroatoms. The summed E-state index contributed by atoms with van der Waals surface area (Å²) in [5.41, 5.74) is 2.20. The van der Waals surface area contributed by atoms with E-state index in [9.17, 15) is 24.3 Å². The minimum atomic E-state index is -1.17. The Labute approximate surface area is 233 Å². The number of ketones is 1. The zero-order chi connectivity index (χ0) is 29.9. The van der Waals surface area contributed by atoms with Gasteiger partial charge in [-0.1, -0.05) is 20.8 Å². The molecule has 0 fully saturated rings. The molecular formula is C29H36N4O7. The molecule has 1 aliphatic rings. The summed E-state index contributed by atoms with van der Waals surface area (Å²) in [6, 6.07) is 6.51. The third-order valence-electron chi connectivity index (χ3n) is 6.62. The zero-order valence-electron chi connectivity index (χ0n) is 23.9. The molecule has 0 unspecified atom stereocenters. The summed E-state index contributed by atoms with van der Waals surface area (Å²) in [6.45, 7) is 8.77. The molecule has 40 heavy (non-hydrogen) atoms. The minimum Gasteiger partial charge on any atom is -0.493 e. The van der Waals surface area contributed by atoms with Crippen LogP contribution in [0.3, 0.4) is 0 Å². The van der Waals surface area contributed by atoms with Crippen LogP contribution in [0.4, 0.5) is 5.69 Å². The van der Waals surface area contributed by atoms with Gasteiger partial charge in [0.1, 0.15) is 17.3 Å². The Balaban J connectivity index is 2.01. The van der Waals surface area contributed by atoms with Crippen molar-refractivity contribution in [2.75, 3.05) is 38.8 Å². The maximum Gasteiger partial charge on any atom is 0.341 e. The van der Waals surface area contributed by atoms with Crippen molar-refractivity contribution in [1.82, 2.24) is 10.2 Å². The molecule has 0 radical (unpaired) electrons. The van der Waals surface area contributed by atoms with Crippen LogP contribution in [0.25, 0.3) is 0 Å². The molecule has 1 aliphatic heterocycles. The molecule has 3 N–H and O–H groups in total. The van der Waals surface area contributed by atoms with E-state index in [1.165, 1.54) is 32.0 Å². The second-order valence-electron chi connectivity index (χ2n) is 10.5. The lowest BCUT2D eigenvalue weighted by atomic mass is 9.84. The Morgan fingerprint density at radius 1 is 1.12 bits per heavy atom. The van der Waals surface area contributed by atoms with E-state index in [0.29, 0.717) is 34.6 Å². The summed E-state index contributed by atoms with van der Waals surface area (Å²) in [6.07, 6.45) is 0. The van der Waals surface area contributed by atoms with Gasteiger partial charge in [0.05, 0.1) is 24.4 Å². The van der Waals surface area contributed by atoms with Crippen molar-refractivity contribution in [3.8, 4) is 11.5 Å². The van der Waals surface area contributed by atoms with Gasteiger partial charge in [-0.05, 0) is 42.2 Å². The summed E-state index contributed by atoms with van der Waals surface area (Å²) in [5, 5.41) is 20.5. The molecule has 0 aromatic heterocycles. The fourth-order valence-corrected chi connectivity index (χ4v) is 4.45. The topological polar surface area (TPSA) is 149 Å². The predicted molar refractivity (Wildman–Crippen MR) is 150 cm³/mol. The van der Waals surface area contributed by atoms with Crippen LogP contribution in [-0.2, 0) is 21.5 Å². The first-order chi connectivity index (χ1) is 18.7. The molecule has 2 amide bonds. The van der Waals surface area contributed by atoms with Crippen LogP contribution >= 0.6 is 0 Å². The van der Waals surface area contributed by atoms with Crippen molar-refractivity contribution in [1.29, 1.82) is 5.41 Å². The van der Waals surface area contributed by atoms with Crippen LogP contribution in [0.2, 0.25) is 0 Å². The van der Waals surface area contributed by atoms with Gasteiger partial charge in [-0.25, -0.2) is 4.79 Å². The van der Waals surface area contributed by atoms with Gasteiger partial charge in [0.15, 0.2) is 12.4 Å². The average molecular weight is 553 g/mol. The van der Waals surface area contributed by atoms with Gasteiger partial charge < -0.3 is 29.7 Å². The number of amides is 2. The summed E-state index contributed by atoms with van der Waals surface area (Å²) in [4.78, 5) is 52.5. The van der Waals surface area contributed by atoms with Gasteiger partial charge in [-0.3, -0.25) is 19.8 Å². The van der Waals surface area contributed by atoms with Crippen LogP contribution in [-0.4, -0.2) is 73.3 Å². The van der Waals surface area contributed by atoms with Crippen LogP contribution in [0.1, 0.15) is 72.0 Å². The van der Waals surface area contributed by atoms with E-state index >= 15 is 0 Å². The molecule has 0 spiro atoms. The molecule has 214 valence electrons. The van der Waals surface area contributed by atoms with Crippen molar-refractivity contribution in [3.63, 3.8) is 0 Å². The SMILES string of the molecule is CCOc1cc2c(cc1C(=O)NC)C(=N)N(CC(=O)c1cc(N(C)C(C)=O)c(OCC(=O)O)c(C(C)(C)C)c1)C2. The third kappa shape index (κ3) is 6.24. The molecule has 0 saturated carbocycles. The minimum absolute atomic E-state index is 0.107. The first-order valence-corrected chi connectivity index (χ1v) is 12.9. The number of carboxylic acids is 1. The summed E-state index contributed by atoms with van der Waals surface area (Å²) >= 11 is 0. The van der Waals surface area contributed by atoms with Crippen LogP contribution in [0.15, 0.2) is 24.3 Å². The van der Waals surface area contributed by atoms with E-state index < -0.39 is 18.0 Å². The molecule has 11 nitrogen and oxygen atoms in total. The number of anilines is 1. The van der Waals surface area contributed by atoms with Crippen LogP contribution < -0.4 is 19.7 Å². The fraction of sp³-hybridized carbons (Fsp3) is 0.414. The van der Waals surface area contributed by atoms with Crippen molar-refractivity contribution in [2.24, 2.45) is 0 Å². The first kappa shape index (κ1) is 30.1. The van der Waals surface area contributed by atoms with Gasteiger partial charge in [0, 0.05) is 44.3 Å². The number of aliphatic carboxylic acids is 1. The Hall–Kier alpha value is -4.41. The smallest absolute Gasteiger partial charge is 0.341 e. The van der Waals surface area contributed by atoms with Crippen LogP contribution in [0, 0.1) is 5.41 Å². The quantitative estimate of drug-likeness (QED) is 0.381. The van der Waals surface area contributed by atoms with E-state index in [-0.39, 0.29) is 48.0 Å². The lowest BCUT2D eigenvalue weighted by Gasteiger charge is -2.28. The van der Waals surface area contributed by atoms with Gasteiger partial charge in [0.2, 0.25) is 5.91 Å². The highest BCUT2D eigenvalue weighted by molar-refractivity contribution is 6.08. The number of hydrogen-bond donors (Lipinski definition) is 3. The molecular weight excluding hydrogens is 516 g/mol. The van der Waals surface area contributed by atoms with E-state index in [1.807, 2.05) is 27.7 Å². The number of fused-ring (bicyclic) bond motifs is 1. The van der Waals surface area contributed by atoms with Crippen molar-refractivity contribution in [3.05, 3.63) is 52.1 Å². The number of carbonyl (C=O) groups is 4. The standard InChI is InChI=1S/C29H36N4O7/c1-8-39-24-11-18-13-33(27(30)19(18)12-20(24)28(38)31-6)14-23(35)17-9-21(29(3,4)5)26(40-15-25(36)37)22(10-17)32(7)16(2)34/h9-12,30H,8,13-15H2,1-7H3,(H,31,38)(H,36,37). The highest BCUT2D eigenvalue weighted by Gasteiger charge is 2.31. The number of hydrogen-bond acceptors (Lipinski definition) is 7. The molecule has 2 aromatic carbocycles. The van der Waals surface area contributed by atoms with Crippen molar-refractivity contribution < 1.29 is 33.8 Å². The highest BCUT2D eigenvalue weighted by atomic mass is 16.5. The monoisotopic (exact) mass is 552 g/mol. The number of rotatable bonds is 10. The number of ether oxygens (including phenoxy) is 2. The molecule has 1 heterocycles. The van der Waals surface area contributed by atoms with E-state index in [2.05, 4.69) is 5.32 Å². The number of benzene rings is 2. The summed E-state index contributed by atoms with van der Waals surface area (Å²) < 4.78 is 11.3. The van der Waals surface area contributed by atoms with E-state index in [4.69, 9.17) is 14.9 Å². The maximum atomic E-state index is 13.6. The van der Waals surface area contributed by atoms with E-state index in [1.54, 1.807) is 23.1 Å². The number of nitrogens with one attached hydrogen (secondary N) is 2. The third-order valence-corrected chi connectivity index (χ3v) is 6.62. The Morgan fingerprint density at radius 3 is 2.35 bits per heavy atom. The highest BCUT2D eigenvalue weighted by Crippen LogP contribution is 2.40. The molecule has 0 aliphatic carbocycles. The zero-order valence-corrected chi connectivity index (χ0v) is 23.9. The van der Waals surface area contributed by atoms with E-state index in [0.717, 1.165) is 5.56 Å². The number of amidine groups is 1. The predicted octanol–water partition coefficient (Wildman–Crippen LogP) is 3.21. The van der Waals surface area contributed by atoms with Crippen molar-refractivity contribution in [2.45, 2.75) is 46.6 Å². The molecule has 0 atom stereocenters. The Bertz CT molecular complexity index is 1380. The van der Waals surface area contributed by atoms with Crippen molar-refractivity contribution >= 4 is 35.1 Å². The number of carbonyl (C=O) groups excluding carboxylic acids is 3. The molecule has 0 saturated heterocycles. The second kappa shape index (κ2) is 11.8. The first-order valence-electron chi connectivity index (χ1n) is 12.9. The molecule has 2 aromatic rings. The number of nitrogens with zero attached hydrogens (tertiary/aromatic N) is 2. The van der Waals surface area contributed by atoms with Gasteiger partial charge >= 0.3 is 5.97 Å². The summed E-state index contributed by atoms with van der Waals surface area (Å²) in [5.74, 6) is -1.40. The van der Waals surface area contributed by atoms with Gasteiger partial charge in [-0.2, -0.15) is 0 Å². The molecule has 0 bridgehead atoms. The largest absolute Gasteiger partial charge is 0.493 e. The normalized spacial score (nSPS) is 12.6. The van der Waals surface area contributed by atoms with Crippen LogP contribution in [0.5, 0.6) is 11.5 Å². The van der Waals surface area contributed by atoms with Gasteiger partial charge in [-0.15, -0.1) is 0 Å². The Morgan fingerprint density at radius 2 is 1.80 bits per heavy atom. The lowest BCUT2D eigenvalue weighted by Crippen LogP contribution is -2.31. The Kier molecular flexibility index (Phi) is 8.87. The number of Topliss-reactive ketones (excluding diaryl/α,β-unsaturated/α-hetero) is 1.